The zero-order valence-corrected chi connectivity index (χ0v) is 6.80. The molecule has 0 amide bonds. The summed E-state index contributed by atoms with van der Waals surface area (Å²) in [5.74, 6) is 0.628. The van der Waals surface area contributed by atoms with E-state index in [9.17, 15) is 0 Å². The normalized spacial score (nSPS) is 10.0. The summed E-state index contributed by atoms with van der Waals surface area (Å²) in [5, 5.41) is 0. The number of rotatable bonds is 2. The Morgan fingerprint density at radius 1 is 1.78 bits per heavy atom. The van der Waals surface area contributed by atoms with Gasteiger partial charge in [-0.05, 0) is 6.26 Å². The van der Waals surface area contributed by atoms with Gasteiger partial charge < -0.3 is 0 Å². The summed E-state index contributed by atoms with van der Waals surface area (Å²) in [6.45, 7) is 0. The monoisotopic (exact) mass is 159 g/mol. The molecule has 0 atom stereocenters. The quantitative estimate of drug-likeness (QED) is 0.363. The smallest absolute Gasteiger partial charge is 0.00333 e. The summed E-state index contributed by atoms with van der Waals surface area (Å²) in [4.78, 5) is 1.30. The van der Waals surface area contributed by atoms with Gasteiger partial charge in [-0.15, -0.1) is 22.1 Å². The van der Waals surface area contributed by atoms with Gasteiger partial charge in [0, 0.05) is 5.88 Å². The molecule has 0 radical (unpaired) electrons. The number of thioether (sulfide) groups is 1. The minimum atomic E-state index is 0.628. The first-order valence-electron chi connectivity index (χ1n) is 2.73. The van der Waals surface area contributed by atoms with Crippen LogP contribution in [-0.4, -0.2) is 6.26 Å². The molecule has 0 fully saturated rings. The molecule has 0 heterocycles. The maximum absolute atomic E-state index is 5.64. The van der Waals surface area contributed by atoms with E-state index in [0.717, 1.165) is 0 Å². The van der Waals surface area contributed by atoms with Crippen LogP contribution in [0.1, 0.15) is 5.56 Å². The van der Waals surface area contributed by atoms with Crippen molar-refractivity contribution in [3.63, 3.8) is 0 Å². The number of alkyl halides is 1. The summed E-state index contributed by atoms with van der Waals surface area (Å²) in [5.41, 5.74) is 1.24. The van der Waals surface area contributed by atoms with E-state index in [2.05, 4.69) is 18.4 Å². The maximum atomic E-state index is 5.64. The highest BCUT2D eigenvalue weighted by Gasteiger charge is 1.87. The molecule has 0 unspecified atom stereocenters. The van der Waals surface area contributed by atoms with Gasteiger partial charge in [0.05, 0.1) is 0 Å². The summed E-state index contributed by atoms with van der Waals surface area (Å²) >= 11 is 7.38. The molecule has 1 aromatic carbocycles. The summed E-state index contributed by atoms with van der Waals surface area (Å²) in [7, 11) is 0. The molecule has 0 N–H and O–H groups in total. The summed E-state index contributed by atoms with van der Waals surface area (Å²) in [6.07, 6.45) is 2.06. The third-order valence-electron chi connectivity index (χ3n) is 1.23. The zero-order valence-electron chi connectivity index (χ0n) is 5.23. The van der Waals surface area contributed by atoms with Crippen LogP contribution in [0.25, 0.3) is 0 Å². The van der Waals surface area contributed by atoms with Crippen LogP contribution in [0.5, 0.6) is 0 Å². The van der Waals surface area contributed by atoms with Gasteiger partial charge in [0.25, 0.3) is 0 Å². The lowest BCUT2D eigenvalue weighted by atomic mass is 10.4. The molecule has 0 aliphatic carbocycles. The van der Waals surface area contributed by atoms with Crippen molar-refractivity contribution < 1.29 is 0 Å². The van der Waals surface area contributed by atoms with Crippen molar-refractivity contribution in [3.05, 3.63) is 23.8 Å². The predicted molar refractivity (Wildman–Crippen MR) is 43.4 cm³/mol. The standard InChI is InChI=1S/C7H8ClS/c1-9-7-4-2-3-6(7)5-8/h2-4H,5H2,1H3/q-1. The zero-order chi connectivity index (χ0) is 6.69. The van der Waals surface area contributed by atoms with Gasteiger partial charge in [0.15, 0.2) is 0 Å². The second kappa shape index (κ2) is 3.23. The molecule has 0 aromatic heterocycles. The van der Waals surface area contributed by atoms with Gasteiger partial charge in [-0.25, -0.2) is 12.1 Å². The van der Waals surface area contributed by atoms with Crippen LogP contribution >= 0.6 is 23.4 Å². The molecule has 0 spiro atoms. The van der Waals surface area contributed by atoms with Crippen LogP contribution < -0.4 is 0 Å². The van der Waals surface area contributed by atoms with Gasteiger partial charge in [-0.1, -0.05) is 0 Å². The van der Waals surface area contributed by atoms with Crippen molar-refractivity contribution in [1.29, 1.82) is 0 Å². The van der Waals surface area contributed by atoms with Crippen molar-refractivity contribution in [2.45, 2.75) is 10.8 Å². The van der Waals surface area contributed by atoms with E-state index >= 15 is 0 Å². The summed E-state index contributed by atoms with van der Waals surface area (Å²) < 4.78 is 0. The molecule has 0 nitrogen and oxygen atoms in total. The van der Waals surface area contributed by atoms with E-state index in [1.54, 1.807) is 11.8 Å². The Kier molecular flexibility index (Phi) is 2.55. The highest BCUT2D eigenvalue weighted by atomic mass is 35.5. The fourth-order valence-electron chi connectivity index (χ4n) is 0.750. The Labute approximate surface area is 64.6 Å². The van der Waals surface area contributed by atoms with Crippen LogP contribution in [0, 0.1) is 0 Å². The minimum Gasteiger partial charge on any atom is -0.212 e. The number of hydrogen-bond acceptors (Lipinski definition) is 1. The van der Waals surface area contributed by atoms with E-state index < -0.39 is 0 Å². The highest BCUT2D eigenvalue weighted by Crippen LogP contribution is 2.22. The Morgan fingerprint density at radius 3 is 3.00 bits per heavy atom. The molecule has 1 rings (SSSR count). The third-order valence-corrected chi connectivity index (χ3v) is 2.35. The van der Waals surface area contributed by atoms with Gasteiger partial charge in [-0.3, -0.25) is 0 Å². The topological polar surface area (TPSA) is 0 Å². The molecule has 2 heteroatoms. The average Bonchev–Trinajstić information content (AvgIpc) is 2.33. The second-order valence-corrected chi connectivity index (χ2v) is 2.87. The van der Waals surface area contributed by atoms with E-state index in [4.69, 9.17) is 11.6 Å². The van der Waals surface area contributed by atoms with Gasteiger partial charge in [-0.2, -0.15) is 17.8 Å². The average molecular weight is 160 g/mol. The highest BCUT2D eigenvalue weighted by molar-refractivity contribution is 7.98. The predicted octanol–water partition coefficient (Wildman–Crippen LogP) is 2.87. The molecule has 0 bridgehead atoms. The fraction of sp³-hybridized carbons (Fsp3) is 0.286. The first kappa shape index (κ1) is 7.10. The van der Waals surface area contributed by atoms with Crippen LogP contribution in [0.3, 0.4) is 0 Å². The van der Waals surface area contributed by atoms with Crippen LogP contribution in [-0.2, 0) is 5.88 Å². The molecule has 0 aliphatic heterocycles. The minimum absolute atomic E-state index is 0.628. The Morgan fingerprint density at radius 2 is 2.56 bits per heavy atom. The van der Waals surface area contributed by atoms with E-state index in [1.165, 1.54) is 10.5 Å². The van der Waals surface area contributed by atoms with Gasteiger partial charge in [0.2, 0.25) is 0 Å². The number of halogens is 1. The summed E-state index contributed by atoms with van der Waals surface area (Å²) in [6, 6.07) is 6.17. The molecule has 0 saturated carbocycles. The van der Waals surface area contributed by atoms with Crippen LogP contribution in [0.15, 0.2) is 23.1 Å². The van der Waals surface area contributed by atoms with Crippen molar-refractivity contribution in [2.24, 2.45) is 0 Å². The first-order chi connectivity index (χ1) is 4.38. The lowest BCUT2D eigenvalue weighted by Crippen LogP contribution is -1.71. The Hall–Kier alpha value is -0.0100. The van der Waals surface area contributed by atoms with Crippen molar-refractivity contribution in [3.8, 4) is 0 Å². The first-order valence-corrected chi connectivity index (χ1v) is 4.49. The van der Waals surface area contributed by atoms with Crippen molar-refractivity contribution in [2.75, 3.05) is 6.26 Å². The van der Waals surface area contributed by atoms with Gasteiger partial charge in [0.1, 0.15) is 0 Å². The fourth-order valence-corrected chi connectivity index (χ4v) is 1.68. The molecular formula is C7H8ClS-. The molecular weight excluding hydrogens is 152 g/mol. The SMILES string of the molecule is CSc1ccc[c-]1CCl. The maximum Gasteiger partial charge on any atom is 0.00333 e. The molecule has 9 heavy (non-hydrogen) atoms. The third kappa shape index (κ3) is 1.46. The van der Waals surface area contributed by atoms with E-state index in [-0.39, 0.29) is 0 Å². The van der Waals surface area contributed by atoms with Crippen molar-refractivity contribution >= 4 is 23.4 Å². The van der Waals surface area contributed by atoms with Gasteiger partial charge >= 0.3 is 0 Å². The van der Waals surface area contributed by atoms with Crippen LogP contribution in [0.4, 0.5) is 0 Å². The Bertz CT molecular complexity index is 162. The van der Waals surface area contributed by atoms with E-state index in [1.807, 2.05) is 6.07 Å². The second-order valence-electron chi connectivity index (χ2n) is 1.75. The van der Waals surface area contributed by atoms with E-state index in [0.29, 0.717) is 5.88 Å². The molecule has 1 aromatic rings. The largest absolute Gasteiger partial charge is 0.212 e. The molecule has 50 valence electrons. The van der Waals surface area contributed by atoms with Crippen molar-refractivity contribution in [1.82, 2.24) is 0 Å². The lowest BCUT2D eigenvalue weighted by molar-refractivity contribution is 1.33. The molecule has 0 saturated heterocycles. The number of hydrogen-bond donors (Lipinski definition) is 0. The Balaban J connectivity index is 2.85. The lowest BCUT2D eigenvalue weighted by Gasteiger charge is -2.01. The van der Waals surface area contributed by atoms with Crippen LogP contribution in [0.2, 0.25) is 0 Å². The molecule has 0 aliphatic rings.